The fourth-order valence-electron chi connectivity index (χ4n) is 2.13. The minimum Gasteiger partial charge on any atom is -0.465 e. The molecule has 0 spiro atoms. The van der Waals surface area contributed by atoms with Crippen molar-refractivity contribution in [2.45, 2.75) is 39.2 Å². The Morgan fingerprint density at radius 1 is 1.44 bits per heavy atom. The van der Waals surface area contributed by atoms with Crippen molar-refractivity contribution in [3.8, 4) is 0 Å². The van der Waals surface area contributed by atoms with Crippen LogP contribution in [0.5, 0.6) is 0 Å². The maximum absolute atomic E-state index is 11.4. The Morgan fingerprint density at radius 2 is 2.12 bits per heavy atom. The summed E-state index contributed by atoms with van der Waals surface area (Å²) in [5.41, 5.74) is 0. The van der Waals surface area contributed by atoms with Crippen LogP contribution in [0, 0.1) is 17.8 Å². The average Bonchev–Trinajstić information content (AvgIpc) is 2.58. The van der Waals surface area contributed by atoms with Crippen LogP contribution in [0.1, 0.15) is 33.1 Å². The smallest absolute Gasteiger partial charge is 0.312 e. The van der Waals surface area contributed by atoms with Gasteiger partial charge in [0.05, 0.1) is 25.2 Å². The molecule has 0 saturated carbocycles. The van der Waals surface area contributed by atoms with E-state index in [4.69, 9.17) is 9.84 Å². The number of hydrogen-bond acceptors (Lipinski definition) is 4. The van der Waals surface area contributed by atoms with Crippen LogP contribution in [0.2, 0.25) is 0 Å². The van der Waals surface area contributed by atoms with Gasteiger partial charge in [-0.05, 0) is 12.3 Å². The molecule has 1 heterocycles. The molecule has 0 aliphatic carbocycles. The van der Waals surface area contributed by atoms with Gasteiger partial charge in [-0.3, -0.25) is 4.79 Å². The maximum atomic E-state index is 11.4. The number of rotatable bonds is 6. The third-order valence-electron chi connectivity index (χ3n) is 3.15. The van der Waals surface area contributed by atoms with Gasteiger partial charge in [-0.1, -0.05) is 26.7 Å². The summed E-state index contributed by atoms with van der Waals surface area (Å²) in [4.78, 5) is 11.4. The normalized spacial score (nSPS) is 27.2. The number of esters is 1. The summed E-state index contributed by atoms with van der Waals surface area (Å²) < 4.78 is 4.86. The lowest BCUT2D eigenvalue weighted by Crippen LogP contribution is -2.31. The quantitative estimate of drug-likeness (QED) is 0.667. The number of carbonyl (C=O) groups excluding carboxylic acids is 1. The van der Waals surface area contributed by atoms with Crippen molar-refractivity contribution in [2.24, 2.45) is 17.8 Å². The molecule has 0 radical (unpaired) electrons. The zero-order valence-corrected chi connectivity index (χ0v) is 10.1. The van der Waals surface area contributed by atoms with Gasteiger partial charge in [-0.2, -0.15) is 0 Å². The molecular formula is C12H22O4. The van der Waals surface area contributed by atoms with Crippen molar-refractivity contribution in [3.05, 3.63) is 0 Å². The standard InChI is InChI=1S/C12H22O4/c1-8(2)4-3-5-10(14)11-9(6-13)7-16-12(11)15/h8-11,13-14H,3-7H2,1-2H3/t9-,10?,11+/m1/s1. The SMILES string of the molecule is CC(C)CCCC(O)[C@H]1C(=O)OC[C@H]1CO. The molecule has 1 rings (SSSR count). The van der Waals surface area contributed by atoms with Gasteiger partial charge in [-0.25, -0.2) is 0 Å². The first-order chi connectivity index (χ1) is 7.56. The highest BCUT2D eigenvalue weighted by Crippen LogP contribution is 2.27. The summed E-state index contributed by atoms with van der Waals surface area (Å²) in [5, 5.41) is 19.0. The Kier molecular flexibility index (Phi) is 5.22. The first-order valence-corrected chi connectivity index (χ1v) is 6.01. The van der Waals surface area contributed by atoms with Crippen molar-refractivity contribution < 1.29 is 19.7 Å². The molecular weight excluding hydrogens is 208 g/mol. The minimum absolute atomic E-state index is 0.0996. The van der Waals surface area contributed by atoms with Gasteiger partial charge in [0.25, 0.3) is 0 Å². The van der Waals surface area contributed by atoms with E-state index in [0.717, 1.165) is 12.8 Å². The number of aliphatic hydroxyl groups is 2. The Balaban J connectivity index is 2.39. The number of cyclic esters (lactones) is 1. The first-order valence-electron chi connectivity index (χ1n) is 6.01. The lowest BCUT2D eigenvalue weighted by Gasteiger charge is -2.19. The van der Waals surface area contributed by atoms with Crippen molar-refractivity contribution >= 4 is 5.97 Å². The van der Waals surface area contributed by atoms with Crippen LogP contribution in [-0.2, 0) is 9.53 Å². The molecule has 0 aromatic rings. The molecule has 0 aromatic carbocycles. The molecule has 0 bridgehead atoms. The molecule has 1 unspecified atom stereocenters. The molecule has 3 atom stereocenters. The number of aliphatic hydroxyl groups excluding tert-OH is 2. The largest absolute Gasteiger partial charge is 0.465 e. The van der Waals surface area contributed by atoms with Crippen molar-refractivity contribution in [1.29, 1.82) is 0 Å². The van der Waals surface area contributed by atoms with Crippen LogP contribution in [0.25, 0.3) is 0 Å². The minimum atomic E-state index is -0.675. The van der Waals surface area contributed by atoms with Gasteiger partial charge in [0.15, 0.2) is 0 Å². The Bertz CT molecular complexity index is 227. The lowest BCUT2D eigenvalue weighted by atomic mass is 9.87. The fourth-order valence-corrected chi connectivity index (χ4v) is 2.13. The molecule has 94 valence electrons. The van der Waals surface area contributed by atoms with E-state index in [-0.39, 0.29) is 25.1 Å². The molecule has 1 fully saturated rings. The van der Waals surface area contributed by atoms with E-state index in [9.17, 15) is 9.90 Å². The monoisotopic (exact) mass is 230 g/mol. The van der Waals surface area contributed by atoms with Gasteiger partial charge in [0, 0.05) is 5.92 Å². The van der Waals surface area contributed by atoms with E-state index in [1.165, 1.54) is 0 Å². The third-order valence-corrected chi connectivity index (χ3v) is 3.15. The van der Waals surface area contributed by atoms with Crippen LogP contribution in [-0.4, -0.2) is 35.5 Å². The number of carbonyl (C=O) groups is 1. The van der Waals surface area contributed by atoms with E-state index in [0.29, 0.717) is 12.3 Å². The van der Waals surface area contributed by atoms with Crippen LogP contribution in [0.3, 0.4) is 0 Å². The van der Waals surface area contributed by atoms with Crippen LogP contribution >= 0.6 is 0 Å². The molecule has 4 heteroatoms. The van der Waals surface area contributed by atoms with Crippen LogP contribution in [0.15, 0.2) is 0 Å². The van der Waals surface area contributed by atoms with Gasteiger partial charge in [0.2, 0.25) is 0 Å². The number of hydrogen-bond donors (Lipinski definition) is 2. The summed E-state index contributed by atoms with van der Waals surface area (Å²) in [7, 11) is 0. The second-order valence-electron chi connectivity index (χ2n) is 4.99. The Hall–Kier alpha value is -0.610. The van der Waals surface area contributed by atoms with E-state index in [1.807, 2.05) is 0 Å². The van der Waals surface area contributed by atoms with E-state index in [2.05, 4.69) is 13.8 Å². The summed E-state index contributed by atoms with van der Waals surface area (Å²) in [6, 6.07) is 0. The summed E-state index contributed by atoms with van der Waals surface area (Å²) in [6.45, 7) is 4.40. The van der Waals surface area contributed by atoms with E-state index < -0.39 is 12.0 Å². The average molecular weight is 230 g/mol. The predicted molar refractivity (Wildman–Crippen MR) is 59.7 cm³/mol. The predicted octanol–water partition coefficient (Wildman–Crippen LogP) is 0.955. The van der Waals surface area contributed by atoms with Crippen molar-refractivity contribution in [2.75, 3.05) is 13.2 Å². The van der Waals surface area contributed by atoms with E-state index in [1.54, 1.807) is 0 Å². The molecule has 1 saturated heterocycles. The fraction of sp³-hybridized carbons (Fsp3) is 0.917. The summed E-state index contributed by atoms with van der Waals surface area (Å²) in [6.07, 6.45) is 1.88. The maximum Gasteiger partial charge on any atom is 0.312 e. The molecule has 0 amide bonds. The molecule has 4 nitrogen and oxygen atoms in total. The first kappa shape index (κ1) is 13.5. The molecule has 0 aromatic heterocycles. The lowest BCUT2D eigenvalue weighted by molar-refractivity contribution is -0.144. The summed E-state index contributed by atoms with van der Waals surface area (Å²) >= 11 is 0. The number of ether oxygens (including phenoxy) is 1. The third kappa shape index (κ3) is 3.46. The molecule has 16 heavy (non-hydrogen) atoms. The molecule has 2 N–H and O–H groups in total. The van der Waals surface area contributed by atoms with Crippen LogP contribution < -0.4 is 0 Å². The van der Waals surface area contributed by atoms with Crippen LogP contribution in [0.4, 0.5) is 0 Å². The van der Waals surface area contributed by atoms with Gasteiger partial charge >= 0.3 is 5.97 Å². The van der Waals surface area contributed by atoms with Crippen molar-refractivity contribution in [3.63, 3.8) is 0 Å². The van der Waals surface area contributed by atoms with Crippen molar-refractivity contribution in [1.82, 2.24) is 0 Å². The second-order valence-corrected chi connectivity index (χ2v) is 4.99. The second kappa shape index (κ2) is 6.21. The Labute approximate surface area is 96.6 Å². The zero-order chi connectivity index (χ0) is 12.1. The van der Waals surface area contributed by atoms with Gasteiger partial charge in [-0.15, -0.1) is 0 Å². The highest BCUT2D eigenvalue weighted by molar-refractivity contribution is 5.75. The highest BCUT2D eigenvalue weighted by Gasteiger charge is 2.41. The van der Waals surface area contributed by atoms with Gasteiger partial charge < -0.3 is 14.9 Å². The topological polar surface area (TPSA) is 66.8 Å². The van der Waals surface area contributed by atoms with Gasteiger partial charge in [0.1, 0.15) is 0 Å². The molecule has 1 aliphatic heterocycles. The zero-order valence-electron chi connectivity index (χ0n) is 10.1. The summed E-state index contributed by atoms with van der Waals surface area (Å²) in [5.74, 6) is -0.522. The Morgan fingerprint density at radius 3 is 2.69 bits per heavy atom. The molecule has 1 aliphatic rings. The highest BCUT2D eigenvalue weighted by atomic mass is 16.5. The van der Waals surface area contributed by atoms with E-state index >= 15 is 0 Å².